The van der Waals surface area contributed by atoms with Crippen LogP contribution in [-0.2, 0) is 0 Å². The Labute approximate surface area is 140 Å². The second-order valence-electron chi connectivity index (χ2n) is 5.57. The summed E-state index contributed by atoms with van der Waals surface area (Å²) in [5.41, 5.74) is 1.81. The van der Waals surface area contributed by atoms with Gasteiger partial charge in [0.05, 0.1) is 5.02 Å². The summed E-state index contributed by atoms with van der Waals surface area (Å²) in [4.78, 5) is 2.08. The van der Waals surface area contributed by atoms with Crippen molar-refractivity contribution in [3.8, 4) is 22.6 Å². The van der Waals surface area contributed by atoms with Gasteiger partial charge in [0.15, 0.2) is 11.5 Å². The van der Waals surface area contributed by atoms with Gasteiger partial charge in [-0.1, -0.05) is 41.4 Å². The van der Waals surface area contributed by atoms with Crippen LogP contribution in [0, 0.1) is 0 Å². The highest BCUT2D eigenvalue weighted by Gasteiger charge is 2.25. The highest BCUT2D eigenvalue weighted by atomic mass is 35.5. The number of hydrogen-bond donors (Lipinski definition) is 0. The van der Waals surface area contributed by atoms with Crippen molar-refractivity contribution in [1.82, 2.24) is 4.90 Å². The Morgan fingerprint density at radius 2 is 1.95 bits per heavy atom. The van der Waals surface area contributed by atoms with Crippen LogP contribution in [-0.4, -0.2) is 38.3 Å². The lowest BCUT2D eigenvalue weighted by atomic mass is 10.0. The SMILES string of the molecule is CN(C)CC1COc2cccc(-c3ccc(Cl)cc3Cl)c2O1. The van der Waals surface area contributed by atoms with E-state index in [4.69, 9.17) is 32.7 Å². The van der Waals surface area contributed by atoms with E-state index in [9.17, 15) is 0 Å². The predicted octanol–water partition coefficient (Wildman–Crippen LogP) is 4.36. The van der Waals surface area contributed by atoms with Crippen molar-refractivity contribution in [2.45, 2.75) is 6.10 Å². The number of likely N-dealkylation sites (N-methyl/N-ethyl adjacent to an activating group) is 1. The zero-order valence-electron chi connectivity index (χ0n) is 12.5. The molecule has 0 aliphatic carbocycles. The maximum Gasteiger partial charge on any atom is 0.169 e. The first kappa shape index (κ1) is 15.5. The monoisotopic (exact) mass is 337 g/mol. The molecule has 1 atom stereocenters. The van der Waals surface area contributed by atoms with Crippen LogP contribution < -0.4 is 9.47 Å². The molecule has 0 fully saturated rings. The lowest BCUT2D eigenvalue weighted by Crippen LogP contribution is -2.38. The molecule has 1 aliphatic heterocycles. The second-order valence-corrected chi connectivity index (χ2v) is 6.41. The molecule has 0 radical (unpaired) electrons. The number of benzene rings is 2. The third kappa shape index (κ3) is 3.17. The molecule has 1 unspecified atom stereocenters. The Kier molecular flexibility index (Phi) is 4.48. The average Bonchev–Trinajstić information content (AvgIpc) is 2.46. The zero-order valence-corrected chi connectivity index (χ0v) is 14.0. The van der Waals surface area contributed by atoms with E-state index in [1.54, 1.807) is 6.07 Å². The summed E-state index contributed by atoms with van der Waals surface area (Å²) in [7, 11) is 4.03. The van der Waals surface area contributed by atoms with Crippen molar-refractivity contribution in [2.24, 2.45) is 0 Å². The summed E-state index contributed by atoms with van der Waals surface area (Å²) >= 11 is 12.3. The van der Waals surface area contributed by atoms with Gasteiger partial charge in [-0.2, -0.15) is 0 Å². The van der Waals surface area contributed by atoms with Crippen LogP contribution in [0.4, 0.5) is 0 Å². The summed E-state index contributed by atoms with van der Waals surface area (Å²) < 4.78 is 12.0. The fourth-order valence-corrected chi connectivity index (χ4v) is 3.06. The fourth-order valence-electron chi connectivity index (χ4n) is 2.55. The second kappa shape index (κ2) is 6.37. The van der Waals surface area contributed by atoms with Gasteiger partial charge in [-0.15, -0.1) is 0 Å². The van der Waals surface area contributed by atoms with E-state index in [1.165, 1.54) is 0 Å². The summed E-state index contributed by atoms with van der Waals surface area (Å²) in [6.07, 6.45) is -0.00488. The molecule has 3 nitrogen and oxygen atoms in total. The first-order valence-electron chi connectivity index (χ1n) is 7.07. The zero-order chi connectivity index (χ0) is 15.7. The minimum absolute atomic E-state index is 0.00488. The van der Waals surface area contributed by atoms with Crippen molar-refractivity contribution < 1.29 is 9.47 Å². The smallest absolute Gasteiger partial charge is 0.169 e. The number of fused-ring (bicyclic) bond motifs is 1. The van der Waals surface area contributed by atoms with E-state index in [2.05, 4.69) is 4.90 Å². The first-order chi connectivity index (χ1) is 10.5. The number of ether oxygens (including phenoxy) is 2. The van der Waals surface area contributed by atoms with Crippen molar-refractivity contribution in [1.29, 1.82) is 0 Å². The predicted molar refractivity (Wildman–Crippen MR) is 90.4 cm³/mol. The van der Waals surface area contributed by atoms with E-state index < -0.39 is 0 Å². The average molecular weight is 338 g/mol. The largest absolute Gasteiger partial charge is 0.486 e. The van der Waals surface area contributed by atoms with Crippen molar-refractivity contribution in [2.75, 3.05) is 27.2 Å². The Balaban J connectivity index is 2.00. The molecule has 2 aromatic carbocycles. The molecule has 0 spiro atoms. The minimum Gasteiger partial charge on any atom is -0.486 e. The van der Waals surface area contributed by atoms with Gasteiger partial charge in [0.1, 0.15) is 12.7 Å². The Morgan fingerprint density at radius 3 is 2.68 bits per heavy atom. The van der Waals surface area contributed by atoms with E-state index in [0.717, 1.165) is 29.2 Å². The molecule has 3 rings (SSSR count). The molecule has 0 aromatic heterocycles. The summed E-state index contributed by atoms with van der Waals surface area (Å²) in [6.45, 7) is 1.34. The van der Waals surface area contributed by atoms with Crippen LogP contribution >= 0.6 is 23.2 Å². The molecule has 1 aliphatic rings. The van der Waals surface area contributed by atoms with E-state index in [-0.39, 0.29) is 6.10 Å². The number of rotatable bonds is 3. The van der Waals surface area contributed by atoms with E-state index in [1.807, 2.05) is 44.4 Å². The van der Waals surface area contributed by atoms with Gasteiger partial charge in [0, 0.05) is 22.7 Å². The molecule has 0 saturated carbocycles. The summed E-state index contributed by atoms with van der Waals surface area (Å²) in [5, 5.41) is 1.21. The Bertz CT molecular complexity index is 688. The third-order valence-corrected chi connectivity index (χ3v) is 4.03. The highest BCUT2D eigenvalue weighted by Crippen LogP contribution is 2.43. The summed E-state index contributed by atoms with van der Waals surface area (Å²) in [5.74, 6) is 1.49. The van der Waals surface area contributed by atoms with Crippen molar-refractivity contribution in [3.63, 3.8) is 0 Å². The fraction of sp³-hybridized carbons (Fsp3) is 0.294. The van der Waals surface area contributed by atoms with Gasteiger partial charge in [-0.3, -0.25) is 0 Å². The molecule has 22 heavy (non-hydrogen) atoms. The lowest BCUT2D eigenvalue weighted by Gasteiger charge is -2.30. The minimum atomic E-state index is -0.00488. The Morgan fingerprint density at radius 1 is 1.14 bits per heavy atom. The van der Waals surface area contributed by atoms with Gasteiger partial charge >= 0.3 is 0 Å². The standard InChI is InChI=1S/C17H17Cl2NO2/c1-20(2)9-12-10-21-16-5-3-4-14(17(16)22-12)13-7-6-11(18)8-15(13)19/h3-8,12H,9-10H2,1-2H3. The molecule has 0 N–H and O–H groups in total. The Hall–Kier alpha value is -1.42. The van der Waals surface area contributed by atoms with Crippen LogP contribution in [0.15, 0.2) is 36.4 Å². The number of para-hydroxylation sites is 1. The topological polar surface area (TPSA) is 21.7 Å². The van der Waals surface area contributed by atoms with Gasteiger partial charge in [0.25, 0.3) is 0 Å². The van der Waals surface area contributed by atoms with Crippen LogP contribution in [0.2, 0.25) is 10.0 Å². The molecule has 5 heteroatoms. The highest BCUT2D eigenvalue weighted by molar-refractivity contribution is 6.36. The summed E-state index contributed by atoms with van der Waals surface area (Å²) in [6, 6.07) is 11.3. The number of nitrogens with zero attached hydrogens (tertiary/aromatic N) is 1. The van der Waals surface area contributed by atoms with Crippen LogP contribution in [0.25, 0.3) is 11.1 Å². The molecule has 0 saturated heterocycles. The normalized spacial score (nSPS) is 16.9. The van der Waals surface area contributed by atoms with Gasteiger partial charge in [0.2, 0.25) is 0 Å². The molecule has 116 valence electrons. The molecule has 0 amide bonds. The van der Waals surface area contributed by atoms with E-state index in [0.29, 0.717) is 16.7 Å². The third-order valence-electron chi connectivity index (χ3n) is 3.48. The molecule has 2 aromatic rings. The molecule has 1 heterocycles. The molecule has 0 bridgehead atoms. The maximum atomic E-state index is 6.34. The van der Waals surface area contributed by atoms with Gasteiger partial charge < -0.3 is 14.4 Å². The van der Waals surface area contributed by atoms with Gasteiger partial charge in [-0.05, 0) is 32.3 Å². The number of hydrogen-bond acceptors (Lipinski definition) is 3. The lowest BCUT2D eigenvalue weighted by molar-refractivity contribution is 0.0717. The van der Waals surface area contributed by atoms with Crippen LogP contribution in [0.5, 0.6) is 11.5 Å². The van der Waals surface area contributed by atoms with Crippen LogP contribution in [0.3, 0.4) is 0 Å². The van der Waals surface area contributed by atoms with Crippen molar-refractivity contribution in [3.05, 3.63) is 46.4 Å². The van der Waals surface area contributed by atoms with Crippen LogP contribution in [0.1, 0.15) is 0 Å². The number of halogens is 2. The molecular weight excluding hydrogens is 321 g/mol. The van der Waals surface area contributed by atoms with Crippen molar-refractivity contribution >= 4 is 23.2 Å². The maximum absolute atomic E-state index is 6.34. The molecular formula is C17H17Cl2NO2. The first-order valence-corrected chi connectivity index (χ1v) is 7.83. The quantitative estimate of drug-likeness (QED) is 0.830. The van der Waals surface area contributed by atoms with Gasteiger partial charge in [-0.25, -0.2) is 0 Å². The van der Waals surface area contributed by atoms with E-state index >= 15 is 0 Å².